The third-order valence-electron chi connectivity index (χ3n) is 3.26. The Morgan fingerprint density at radius 1 is 1.28 bits per heavy atom. The quantitative estimate of drug-likeness (QED) is 0.838. The SMILES string of the molecule is Nc1cccc(/C=C/c2nc(C3CCC3)no2)c1. The fraction of sp³-hybridized carbons (Fsp3) is 0.286. The molecule has 3 rings (SSSR count). The Morgan fingerprint density at radius 2 is 2.17 bits per heavy atom. The Bertz CT molecular complexity index is 570. The first-order chi connectivity index (χ1) is 8.81. The smallest absolute Gasteiger partial charge is 0.250 e. The van der Waals surface area contributed by atoms with Gasteiger partial charge in [0.05, 0.1) is 0 Å². The first kappa shape index (κ1) is 11.0. The van der Waals surface area contributed by atoms with Gasteiger partial charge in [-0.15, -0.1) is 0 Å². The Balaban J connectivity index is 1.73. The molecule has 0 aliphatic heterocycles. The molecule has 0 unspecified atom stereocenters. The maximum Gasteiger partial charge on any atom is 0.250 e. The van der Waals surface area contributed by atoms with Crippen LogP contribution in [-0.2, 0) is 0 Å². The lowest BCUT2D eigenvalue weighted by atomic mass is 9.85. The molecule has 0 amide bonds. The molecule has 1 heterocycles. The van der Waals surface area contributed by atoms with Crippen LogP contribution in [0.3, 0.4) is 0 Å². The maximum atomic E-state index is 5.71. The predicted octanol–water partition coefficient (Wildman–Crippen LogP) is 3.09. The van der Waals surface area contributed by atoms with Crippen LogP contribution in [0.2, 0.25) is 0 Å². The summed E-state index contributed by atoms with van der Waals surface area (Å²) in [4.78, 5) is 4.37. The molecule has 1 saturated carbocycles. The molecule has 0 radical (unpaired) electrons. The Kier molecular flexibility index (Phi) is 2.84. The first-order valence-corrected chi connectivity index (χ1v) is 6.18. The van der Waals surface area contributed by atoms with Crippen molar-refractivity contribution < 1.29 is 4.52 Å². The van der Waals surface area contributed by atoms with Crippen LogP contribution in [-0.4, -0.2) is 10.1 Å². The third-order valence-corrected chi connectivity index (χ3v) is 3.26. The van der Waals surface area contributed by atoms with Crippen LogP contribution in [0, 0.1) is 0 Å². The van der Waals surface area contributed by atoms with E-state index in [1.165, 1.54) is 19.3 Å². The van der Waals surface area contributed by atoms with Crippen LogP contribution in [0.25, 0.3) is 12.2 Å². The first-order valence-electron chi connectivity index (χ1n) is 6.18. The number of anilines is 1. The van der Waals surface area contributed by atoms with Gasteiger partial charge >= 0.3 is 0 Å². The summed E-state index contributed by atoms with van der Waals surface area (Å²) in [6.45, 7) is 0. The predicted molar refractivity (Wildman–Crippen MR) is 70.7 cm³/mol. The molecule has 0 spiro atoms. The number of hydrogen-bond acceptors (Lipinski definition) is 4. The van der Waals surface area contributed by atoms with Crippen molar-refractivity contribution in [1.82, 2.24) is 10.1 Å². The van der Waals surface area contributed by atoms with Crippen molar-refractivity contribution in [3.05, 3.63) is 41.5 Å². The summed E-state index contributed by atoms with van der Waals surface area (Å²) in [5.74, 6) is 1.90. The maximum absolute atomic E-state index is 5.71. The molecule has 1 aliphatic rings. The van der Waals surface area contributed by atoms with Gasteiger partial charge in [0.25, 0.3) is 5.89 Å². The molecule has 1 aromatic carbocycles. The fourth-order valence-electron chi connectivity index (χ4n) is 1.98. The number of hydrogen-bond donors (Lipinski definition) is 1. The zero-order valence-corrected chi connectivity index (χ0v) is 10.0. The highest BCUT2D eigenvalue weighted by Gasteiger charge is 2.24. The second-order valence-electron chi connectivity index (χ2n) is 4.62. The van der Waals surface area contributed by atoms with E-state index in [1.807, 2.05) is 36.4 Å². The zero-order valence-electron chi connectivity index (χ0n) is 10.0. The average Bonchev–Trinajstić information content (AvgIpc) is 2.73. The summed E-state index contributed by atoms with van der Waals surface area (Å²) < 4.78 is 5.19. The number of nitrogens with two attached hydrogens (primary N) is 1. The summed E-state index contributed by atoms with van der Waals surface area (Å²) in [5.41, 5.74) is 7.49. The minimum atomic E-state index is 0.503. The van der Waals surface area contributed by atoms with E-state index in [0.717, 1.165) is 17.1 Å². The minimum Gasteiger partial charge on any atom is -0.399 e. The van der Waals surface area contributed by atoms with E-state index >= 15 is 0 Å². The van der Waals surface area contributed by atoms with E-state index in [2.05, 4.69) is 10.1 Å². The van der Waals surface area contributed by atoms with Gasteiger partial charge < -0.3 is 10.3 Å². The summed E-state index contributed by atoms with van der Waals surface area (Å²) in [5, 5.41) is 4.01. The summed E-state index contributed by atoms with van der Waals surface area (Å²) in [6, 6.07) is 7.66. The highest BCUT2D eigenvalue weighted by atomic mass is 16.5. The van der Waals surface area contributed by atoms with E-state index < -0.39 is 0 Å². The fourth-order valence-corrected chi connectivity index (χ4v) is 1.98. The Morgan fingerprint density at radius 3 is 2.89 bits per heavy atom. The molecular weight excluding hydrogens is 226 g/mol. The van der Waals surface area contributed by atoms with Gasteiger partial charge in [-0.3, -0.25) is 0 Å². The van der Waals surface area contributed by atoms with Crippen molar-refractivity contribution >= 4 is 17.8 Å². The van der Waals surface area contributed by atoms with Crippen LogP contribution in [0.15, 0.2) is 28.8 Å². The van der Waals surface area contributed by atoms with E-state index in [-0.39, 0.29) is 0 Å². The van der Waals surface area contributed by atoms with Crippen LogP contribution in [0.4, 0.5) is 5.69 Å². The molecule has 0 atom stereocenters. The lowest BCUT2D eigenvalue weighted by molar-refractivity contribution is 0.360. The van der Waals surface area contributed by atoms with Crippen molar-refractivity contribution in [3.8, 4) is 0 Å². The zero-order chi connectivity index (χ0) is 12.4. The number of nitrogen functional groups attached to an aromatic ring is 1. The van der Waals surface area contributed by atoms with Gasteiger partial charge in [-0.1, -0.05) is 23.7 Å². The number of aromatic nitrogens is 2. The number of rotatable bonds is 3. The molecule has 0 bridgehead atoms. The minimum absolute atomic E-state index is 0.503. The average molecular weight is 241 g/mol. The summed E-state index contributed by atoms with van der Waals surface area (Å²) >= 11 is 0. The van der Waals surface area contributed by atoms with Gasteiger partial charge in [0.15, 0.2) is 5.82 Å². The highest BCUT2D eigenvalue weighted by molar-refractivity contribution is 5.67. The molecular formula is C14H15N3O. The van der Waals surface area contributed by atoms with Crippen LogP contribution in [0.1, 0.15) is 42.5 Å². The normalized spacial score (nSPS) is 16.0. The molecule has 92 valence electrons. The molecule has 4 nitrogen and oxygen atoms in total. The lowest BCUT2D eigenvalue weighted by Gasteiger charge is -2.20. The second-order valence-corrected chi connectivity index (χ2v) is 4.62. The van der Waals surface area contributed by atoms with Crippen molar-refractivity contribution in [2.24, 2.45) is 0 Å². The Hall–Kier alpha value is -2.10. The lowest BCUT2D eigenvalue weighted by Crippen LogP contribution is -2.10. The van der Waals surface area contributed by atoms with E-state index in [0.29, 0.717) is 11.8 Å². The highest BCUT2D eigenvalue weighted by Crippen LogP contribution is 2.34. The van der Waals surface area contributed by atoms with E-state index in [9.17, 15) is 0 Å². The molecule has 18 heavy (non-hydrogen) atoms. The van der Waals surface area contributed by atoms with Gasteiger partial charge in [-0.2, -0.15) is 4.98 Å². The van der Waals surface area contributed by atoms with Crippen LogP contribution < -0.4 is 5.73 Å². The third kappa shape index (κ3) is 2.27. The molecule has 4 heteroatoms. The molecule has 1 aliphatic carbocycles. The summed E-state index contributed by atoms with van der Waals surface area (Å²) in [6.07, 6.45) is 7.38. The van der Waals surface area contributed by atoms with Crippen molar-refractivity contribution in [1.29, 1.82) is 0 Å². The van der Waals surface area contributed by atoms with Crippen LogP contribution in [0.5, 0.6) is 0 Å². The van der Waals surface area contributed by atoms with Crippen molar-refractivity contribution in [2.45, 2.75) is 25.2 Å². The number of benzene rings is 1. The Labute approximate surface area is 106 Å². The molecule has 2 N–H and O–H groups in total. The number of nitrogens with zero attached hydrogens (tertiary/aromatic N) is 2. The standard InChI is InChI=1S/C14H15N3O/c15-12-6-1-3-10(9-12)7-8-13-16-14(17-18-13)11-4-2-5-11/h1,3,6-9,11H,2,4-5,15H2/b8-7+. The van der Waals surface area contributed by atoms with Gasteiger partial charge in [-0.25, -0.2) is 0 Å². The molecule has 1 fully saturated rings. The second kappa shape index (κ2) is 4.64. The van der Waals surface area contributed by atoms with Crippen molar-refractivity contribution in [3.63, 3.8) is 0 Å². The van der Waals surface area contributed by atoms with Crippen molar-refractivity contribution in [2.75, 3.05) is 5.73 Å². The van der Waals surface area contributed by atoms with Gasteiger partial charge in [0, 0.05) is 17.7 Å². The molecule has 2 aromatic rings. The summed E-state index contributed by atoms with van der Waals surface area (Å²) in [7, 11) is 0. The monoisotopic (exact) mass is 241 g/mol. The molecule has 1 aromatic heterocycles. The van der Waals surface area contributed by atoms with Gasteiger partial charge in [-0.05, 0) is 36.6 Å². The molecule has 0 saturated heterocycles. The van der Waals surface area contributed by atoms with Crippen LogP contribution >= 0.6 is 0 Å². The van der Waals surface area contributed by atoms with Gasteiger partial charge in [0.1, 0.15) is 0 Å². The largest absolute Gasteiger partial charge is 0.399 e. The van der Waals surface area contributed by atoms with Gasteiger partial charge in [0.2, 0.25) is 0 Å². The van der Waals surface area contributed by atoms with E-state index in [1.54, 1.807) is 0 Å². The van der Waals surface area contributed by atoms with E-state index in [4.69, 9.17) is 10.3 Å². The topological polar surface area (TPSA) is 64.9 Å².